The third-order valence-corrected chi connectivity index (χ3v) is 3.90. The number of allylic oxidation sites excluding steroid dienone is 1. The maximum Gasteiger partial charge on any atom is 0.251 e. The first-order valence-corrected chi connectivity index (χ1v) is 7.29. The first-order chi connectivity index (χ1) is 9.20. The van der Waals surface area contributed by atoms with E-state index in [4.69, 9.17) is 4.74 Å². The Labute approximate surface area is 122 Å². The molecule has 1 aliphatic carbocycles. The van der Waals surface area contributed by atoms with Crippen LogP contribution < -0.4 is 10.1 Å². The lowest BCUT2D eigenvalue weighted by Gasteiger charge is -2.08. The fourth-order valence-electron chi connectivity index (χ4n) is 2.21. The maximum atomic E-state index is 12.0. The Morgan fingerprint density at radius 1 is 1.47 bits per heavy atom. The molecule has 1 aromatic carbocycles. The Morgan fingerprint density at radius 3 is 2.95 bits per heavy atom. The third kappa shape index (κ3) is 3.83. The number of ether oxygens (including phenoxy) is 1. The van der Waals surface area contributed by atoms with E-state index in [2.05, 4.69) is 27.3 Å². The molecule has 0 fully saturated rings. The number of rotatable bonds is 5. The van der Waals surface area contributed by atoms with Crippen LogP contribution in [0.15, 0.2) is 34.3 Å². The zero-order valence-electron chi connectivity index (χ0n) is 11.0. The second kappa shape index (κ2) is 6.75. The molecule has 0 aromatic heterocycles. The van der Waals surface area contributed by atoms with Crippen LogP contribution in [-0.2, 0) is 0 Å². The molecular formula is C15H18BrNO2. The van der Waals surface area contributed by atoms with Crippen LogP contribution in [0.25, 0.3) is 0 Å². The average Bonchev–Trinajstić information content (AvgIpc) is 2.91. The molecule has 1 aromatic rings. The molecule has 0 unspecified atom stereocenters. The molecular weight excluding hydrogens is 306 g/mol. The van der Waals surface area contributed by atoms with E-state index in [1.807, 2.05) is 0 Å². The molecule has 1 aliphatic rings. The normalized spacial score (nSPS) is 14.1. The zero-order valence-corrected chi connectivity index (χ0v) is 12.6. The van der Waals surface area contributed by atoms with Gasteiger partial charge in [-0.3, -0.25) is 4.79 Å². The fraction of sp³-hybridized carbons (Fsp3) is 0.400. The van der Waals surface area contributed by atoms with Gasteiger partial charge in [0.1, 0.15) is 5.75 Å². The van der Waals surface area contributed by atoms with Crippen molar-refractivity contribution in [3.8, 4) is 5.75 Å². The van der Waals surface area contributed by atoms with Gasteiger partial charge in [-0.2, -0.15) is 0 Å². The summed E-state index contributed by atoms with van der Waals surface area (Å²) in [6, 6.07) is 5.34. The number of carbonyl (C=O) groups excluding carboxylic acids is 1. The molecule has 1 N–H and O–H groups in total. The smallest absolute Gasteiger partial charge is 0.251 e. The highest BCUT2D eigenvalue weighted by atomic mass is 79.9. The lowest BCUT2D eigenvalue weighted by Crippen LogP contribution is -2.24. The number of hydrogen-bond donors (Lipinski definition) is 1. The van der Waals surface area contributed by atoms with Gasteiger partial charge < -0.3 is 10.1 Å². The van der Waals surface area contributed by atoms with Gasteiger partial charge in [0.15, 0.2) is 0 Å². The van der Waals surface area contributed by atoms with Crippen LogP contribution in [0.1, 0.15) is 36.0 Å². The Morgan fingerprint density at radius 2 is 2.32 bits per heavy atom. The molecule has 0 heterocycles. The van der Waals surface area contributed by atoms with Gasteiger partial charge in [0, 0.05) is 12.1 Å². The number of methoxy groups -OCH3 is 1. The van der Waals surface area contributed by atoms with Crippen LogP contribution in [-0.4, -0.2) is 19.6 Å². The van der Waals surface area contributed by atoms with Crippen LogP contribution in [0, 0.1) is 0 Å². The van der Waals surface area contributed by atoms with E-state index in [9.17, 15) is 4.79 Å². The summed E-state index contributed by atoms with van der Waals surface area (Å²) in [7, 11) is 1.61. The Hall–Kier alpha value is -1.29. The van der Waals surface area contributed by atoms with Crippen LogP contribution in [0.5, 0.6) is 5.75 Å². The highest BCUT2D eigenvalue weighted by Crippen LogP contribution is 2.25. The minimum absolute atomic E-state index is 0.0399. The van der Waals surface area contributed by atoms with Crippen molar-refractivity contribution >= 4 is 21.8 Å². The van der Waals surface area contributed by atoms with Crippen LogP contribution in [0.2, 0.25) is 0 Å². The lowest BCUT2D eigenvalue weighted by atomic mass is 10.1. The highest BCUT2D eigenvalue weighted by Gasteiger charge is 2.09. The molecule has 0 atom stereocenters. The van der Waals surface area contributed by atoms with Crippen molar-refractivity contribution in [1.29, 1.82) is 0 Å². The summed E-state index contributed by atoms with van der Waals surface area (Å²) in [4.78, 5) is 12.0. The van der Waals surface area contributed by atoms with Gasteiger partial charge in [-0.25, -0.2) is 0 Å². The average molecular weight is 324 g/mol. The van der Waals surface area contributed by atoms with Crippen LogP contribution in [0.3, 0.4) is 0 Å². The summed E-state index contributed by atoms with van der Waals surface area (Å²) in [5.74, 6) is 0.689. The van der Waals surface area contributed by atoms with Crippen LogP contribution >= 0.6 is 15.9 Å². The summed E-state index contributed by atoms with van der Waals surface area (Å²) in [6.07, 6.45) is 6.88. The molecule has 0 saturated carbocycles. The summed E-state index contributed by atoms with van der Waals surface area (Å²) in [6.45, 7) is 0.703. The molecule has 0 aliphatic heterocycles. The minimum atomic E-state index is -0.0399. The first kappa shape index (κ1) is 14.1. The number of nitrogens with one attached hydrogen (secondary N) is 1. The third-order valence-electron chi connectivity index (χ3n) is 3.28. The van der Waals surface area contributed by atoms with E-state index in [0.717, 1.165) is 16.6 Å². The predicted molar refractivity (Wildman–Crippen MR) is 79.6 cm³/mol. The lowest BCUT2D eigenvalue weighted by molar-refractivity contribution is 0.0954. The standard InChI is InChI=1S/C15H18BrNO2/c1-19-14-7-6-12(10-13(14)16)15(18)17-9-8-11-4-2-3-5-11/h4,6-7,10H,2-3,5,8-9H2,1H3,(H,17,18). The first-order valence-electron chi connectivity index (χ1n) is 6.50. The molecule has 19 heavy (non-hydrogen) atoms. The van der Waals surface area contributed by atoms with Crippen molar-refractivity contribution in [3.63, 3.8) is 0 Å². The molecule has 102 valence electrons. The van der Waals surface area contributed by atoms with Crippen LogP contribution in [0.4, 0.5) is 0 Å². The molecule has 2 rings (SSSR count). The Balaban J connectivity index is 1.87. The van der Waals surface area contributed by atoms with E-state index in [0.29, 0.717) is 12.1 Å². The maximum absolute atomic E-state index is 12.0. The minimum Gasteiger partial charge on any atom is -0.496 e. The van der Waals surface area contributed by atoms with Crippen molar-refractivity contribution in [1.82, 2.24) is 5.32 Å². The van der Waals surface area contributed by atoms with Crippen molar-refractivity contribution in [2.75, 3.05) is 13.7 Å². The predicted octanol–water partition coefficient (Wildman–Crippen LogP) is 3.69. The molecule has 0 radical (unpaired) electrons. The molecule has 1 amide bonds. The van der Waals surface area contributed by atoms with Crippen molar-refractivity contribution in [2.24, 2.45) is 0 Å². The van der Waals surface area contributed by atoms with E-state index >= 15 is 0 Å². The summed E-state index contributed by atoms with van der Waals surface area (Å²) in [5.41, 5.74) is 2.12. The SMILES string of the molecule is COc1ccc(C(=O)NCCC2=CCCC2)cc1Br. The molecule has 0 bridgehead atoms. The van der Waals surface area contributed by atoms with Crippen molar-refractivity contribution in [2.45, 2.75) is 25.7 Å². The van der Waals surface area contributed by atoms with E-state index in [1.54, 1.807) is 25.3 Å². The van der Waals surface area contributed by atoms with Crippen molar-refractivity contribution < 1.29 is 9.53 Å². The molecule has 0 saturated heterocycles. The van der Waals surface area contributed by atoms with Gasteiger partial charge in [-0.15, -0.1) is 0 Å². The highest BCUT2D eigenvalue weighted by molar-refractivity contribution is 9.10. The van der Waals surface area contributed by atoms with E-state index in [-0.39, 0.29) is 5.91 Å². The van der Waals surface area contributed by atoms with Gasteiger partial charge in [0.25, 0.3) is 5.91 Å². The number of amides is 1. The molecule has 4 heteroatoms. The number of halogens is 1. The van der Waals surface area contributed by atoms with E-state index < -0.39 is 0 Å². The number of hydrogen-bond acceptors (Lipinski definition) is 2. The summed E-state index contributed by atoms with van der Waals surface area (Å²) >= 11 is 3.38. The monoisotopic (exact) mass is 323 g/mol. The quantitative estimate of drug-likeness (QED) is 0.839. The number of benzene rings is 1. The van der Waals surface area contributed by atoms with Gasteiger partial charge in [-0.05, 0) is 59.8 Å². The van der Waals surface area contributed by atoms with Crippen molar-refractivity contribution in [3.05, 3.63) is 39.9 Å². The topological polar surface area (TPSA) is 38.3 Å². The summed E-state index contributed by atoms with van der Waals surface area (Å²) < 4.78 is 5.94. The van der Waals surface area contributed by atoms with Gasteiger partial charge in [0.05, 0.1) is 11.6 Å². The molecule has 0 spiro atoms. The van der Waals surface area contributed by atoms with Gasteiger partial charge >= 0.3 is 0 Å². The van der Waals surface area contributed by atoms with E-state index in [1.165, 1.54) is 24.8 Å². The fourth-order valence-corrected chi connectivity index (χ4v) is 2.75. The zero-order chi connectivity index (χ0) is 13.7. The Bertz CT molecular complexity index is 497. The second-order valence-electron chi connectivity index (χ2n) is 4.61. The van der Waals surface area contributed by atoms with Gasteiger partial charge in [-0.1, -0.05) is 11.6 Å². The Kier molecular flexibility index (Phi) is 5.02. The van der Waals surface area contributed by atoms with Gasteiger partial charge in [0.2, 0.25) is 0 Å². The summed E-state index contributed by atoms with van der Waals surface area (Å²) in [5, 5.41) is 2.95. The second-order valence-corrected chi connectivity index (χ2v) is 5.46. The number of carbonyl (C=O) groups is 1. The largest absolute Gasteiger partial charge is 0.496 e. The molecule has 3 nitrogen and oxygen atoms in total.